The van der Waals surface area contributed by atoms with E-state index in [1.165, 1.54) is 0 Å². The third-order valence-corrected chi connectivity index (χ3v) is 3.64. The highest BCUT2D eigenvalue weighted by molar-refractivity contribution is 9.10. The molecule has 0 unspecified atom stereocenters. The maximum Gasteiger partial charge on any atom is 0.274 e. The van der Waals surface area contributed by atoms with Crippen LogP contribution in [0, 0.1) is 12.8 Å². The number of carbonyl (C=O) groups is 1. The average Bonchev–Trinajstić information content (AvgIpc) is 2.48. The average molecular weight is 362 g/mol. The predicted molar refractivity (Wildman–Crippen MR) is 94.4 cm³/mol. The molecule has 2 N–H and O–H groups in total. The molecule has 0 aliphatic carbocycles. The molecule has 1 heterocycles. The van der Waals surface area contributed by atoms with Gasteiger partial charge in [-0.05, 0) is 48.7 Å². The summed E-state index contributed by atoms with van der Waals surface area (Å²) in [6.07, 6.45) is 1.64. The van der Waals surface area contributed by atoms with E-state index in [0.29, 0.717) is 11.6 Å². The molecule has 0 radical (unpaired) electrons. The molecule has 1 aromatic heterocycles. The molecule has 116 valence electrons. The van der Waals surface area contributed by atoms with E-state index in [0.717, 1.165) is 28.0 Å². The summed E-state index contributed by atoms with van der Waals surface area (Å²) >= 11 is 3.41. The van der Waals surface area contributed by atoms with Gasteiger partial charge in [-0.25, -0.2) is 0 Å². The Kier molecular flexibility index (Phi) is 5.55. The number of hydrogen-bond donors (Lipinski definition) is 2. The van der Waals surface area contributed by atoms with Crippen LogP contribution in [0.4, 0.5) is 11.4 Å². The van der Waals surface area contributed by atoms with Gasteiger partial charge in [0.05, 0.1) is 0 Å². The second-order valence-corrected chi connectivity index (χ2v) is 6.53. The molecule has 0 saturated heterocycles. The number of rotatable bonds is 5. The minimum Gasteiger partial charge on any atom is -0.385 e. The van der Waals surface area contributed by atoms with E-state index < -0.39 is 0 Å². The summed E-state index contributed by atoms with van der Waals surface area (Å²) < 4.78 is 0.987. The largest absolute Gasteiger partial charge is 0.385 e. The van der Waals surface area contributed by atoms with Crippen molar-refractivity contribution >= 4 is 33.2 Å². The fourth-order valence-electron chi connectivity index (χ4n) is 1.94. The van der Waals surface area contributed by atoms with Crippen LogP contribution in [-0.4, -0.2) is 17.4 Å². The molecule has 0 bridgehead atoms. The van der Waals surface area contributed by atoms with E-state index >= 15 is 0 Å². The monoisotopic (exact) mass is 361 g/mol. The van der Waals surface area contributed by atoms with Crippen LogP contribution in [-0.2, 0) is 0 Å². The summed E-state index contributed by atoms with van der Waals surface area (Å²) in [4.78, 5) is 16.5. The van der Waals surface area contributed by atoms with E-state index in [9.17, 15) is 4.79 Å². The quantitative estimate of drug-likeness (QED) is 0.825. The number of nitrogens with zero attached hydrogens (tertiary/aromatic N) is 1. The number of halogens is 1. The zero-order chi connectivity index (χ0) is 16.1. The van der Waals surface area contributed by atoms with Gasteiger partial charge in [-0.2, -0.15) is 0 Å². The molecule has 0 aliphatic rings. The number of hydrogen-bond acceptors (Lipinski definition) is 3. The SMILES string of the molecule is Cc1cc(Br)ccc1NC(=O)c1cc(NCC(C)C)ccn1. The number of aryl methyl sites for hydroxylation is 1. The van der Waals surface area contributed by atoms with Crippen molar-refractivity contribution < 1.29 is 4.79 Å². The topological polar surface area (TPSA) is 54.0 Å². The number of pyridine rings is 1. The molecule has 4 nitrogen and oxygen atoms in total. The van der Waals surface area contributed by atoms with Crippen molar-refractivity contribution in [1.82, 2.24) is 4.98 Å². The number of amides is 1. The van der Waals surface area contributed by atoms with Crippen LogP contribution in [0.1, 0.15) is 29.9 Å². The highest BCUT2D eigenvalue weighted by Gasteiger charge is 2.10. The minimum absolute atomic E-state index is 0.210. The van der Waals surface area contributed by atoms with Crippen molar-refractivity contribution in [3.05, 3.63) is 52.3 Å². The lowest BCUT2D eigenvalue weighted by Gasteiger charge is -2.11. The van der Waals surface area contributed by atoms with Crippen LogP contribution < -0.4 is 10.6 Å². The van der Waals surface area contributed by atoms with E-state index in [-0.39, 0.29) is 5.91 Å². The first-order valence-corrected chi connectivity index (χ1v) is 8.02. The van der Waals surface area contributed by atoms with E-state index in [2.05, 4.69) is 45.4 Å². The summed E-state index contributed by atoms with van der Waals surface area (Å²) in [5.74, 6) is 0.328. The summed E-state index contributed by atoms with van der Waals surface area (Å²) in [5, 5.41) is 6.19. The number of carbonyl (C=O) groups excluding carboxylic acids is 1. The summed E-state index contributed by atoms with van der Waals surface area (Å²) in [7, 11) is 0. The molecule has 0 aliphatic heterocycles. The lowest BCUT2D eigenvalue weighted by Crippen LogP contribution is -2.15. The maximum atomic E-state index is 12.3. The van der Waals surface area contributed by atoms with Crippen LogP contribution in [0.3, 0.4) is 0 Å². The van der Waals surface area contributed by atoms with E-state index in [1.54, 1.807) is 12.3 Å². The third-order valence-electron chi connectivity index (χ3n) is 3.14. The minimum atomic E-state index is -0.210. The van der Waals surface area contributed by atoms with Crippen LogP contribution in [0.15, 0.2) is 41.0 Å². The number of nitrogens with one attached hydrogen (secondary N) is 2. The number of benzene rings is 1. The second-order valence-electron chi connectivity index (χ2n) is 5.62. The number of aromatic nitrogens is 1. The summed E-state index contributed by atoms with van der Waals surface area (Å²) in [5.41, 5.74) is 3.09. The third kappa shape index (κ3) is 4.56. The van der Waals surface area contributed by atoms with Crippen LogP contribution in [0.5, 0.6) is 0 Å². The Balaban J connectivity index is 2.10. The van der Waals surface area contributed by atoms with E-state index in [1.807, 2.05) is 31.2 Å². The van der Waals surface area contributed by atoms with Crippen molar-refractivity contribution in [1.29, 1.82) is 0 Å². The Morgan fingerprint density at radius 3 is 2.73 bits per heavy atom. The molecular weight excluding hydrogens is 342 g/mol. The van der Waals surface area contributed by atoms with Gasteiger partial charge in [0.25, 0.3) is 5.91 Å². The van der Waals surface area contributed by atoms with Gasteiger partial charge in [0, 0.05) is 28.6 Å². The van der Waals surface area contributed by atoms with Gasteiger partial charge in [0.1, 0.15) is 5.69 Å². The zero-order valence-corrected chi connectivity index (χ0v) is 14.6. The molecule has 0 spiro atoms. The fraction of sp³-hybridized carbons (Fsp3) is 0.294. The maximum absolute atomic E-state index is 12.3. The van der Waals surface area contributed by atoms with Gasteiger partial charge < -0.3 is 10.6 Å². The van der Waals surface area contributed by atoms with Crippen LogP contribution in [0.2, 0.25) is 0 Å². The van der Waals surface area contributed by atoms with Gasteiger partial charge in [0.15, 0.2) is 0 Å². The van der Waals surface area contributed by atoms with Crippen LogP contribution >= 0.6 is 15.9 Å². The normalized spacial score (nSPS) is 10.6. The number of anilines is 2. The molecule has 1 amide bonds. The Labute approximate surface area is 139 Å². The predicted octanol–water partition coefficient (Wildman–Crippen LogP) is 4.47. The second kappa shape index (κ2) is 7.40. The molecular formula is C17H20BrN3O. The Bertz CT molecular complexity index is 671. The van der Waals surface area contributed by atoms with Crippen molar-refractivity contribution in [2.75, 3.05) is 17.2 Å². The first-order valence-electron chi connectivity index (χ1n) is 7.23. The molecule has 22 heavy (non-hydrogen) atoms. The molecule has 1 aromatic carbocycles. The lowest BCUT2D eigenvalue weighted by atomic mass is 10.2. The van der Waals surface area contributed by atoms with Gasteiger partial charge >= 0.3 is 0 Å². The smallest absolute Gasteiger partial charge is 0.274 e. The molecule has 0 fully saturated rings. The standard InChI is InChI=1S/C17H20BrN3O/c1-11(2)10-20-14-6-7-19-16(9-14)17(22)21-15-5-4-13(18)8-12(15)3/h4-9,11H,10H2,1-3H3,(H,19,20)(H,21,22). The van der Waals surface area contributed by atoms with Gasteiger partial charge in [-0.3, -0.25) is 9.78 Å². The molecule has 0 atom stereocenters. The van der Waals surface area contributed by atoms with E-state index in [4.69, 9.17) is 0 Å². The van der Waals surface area contributed by atoms with Crippen molar-refractivity contribution in [2.24, 2.45) is 5.92 Å². The molecule has 0 saturated carbocycles. The molecule has 2 aromatic rings. The Morgan fingerprint density at radius 1 is 1.27 bits per heavy atom. The Morgan fingerprint density at radius 2 is 2.05 bits per heavy atom. The van der Waals surface area contributed by atoms with Gasteiger partial charge in [0.2, 0.25) is 0 Å². The van der Waals surface area contributed by atoms with Crippen molar-refractivity contribution in [3.63, 3.8) is 0 Å². The van der Waals surface area contributed by atoms with Gasteiger partial charge in [-0.15, -0.1) is 0 Å². The highest BCUT2D eigenvalue weighted by atomic mass is 79.9. The van der Waals surface area contributed by atoms with Crippen molar-refractivity contribution in [3.8, 4) is 0 Å². The summed E-state index contributed by atoms with van der Waals surface area (Å²) in [6, 6.07) is 9.37. The molecule has 2 rings (SSSR count). The lowest BCUT2D eigenvalue weighted by molar-refractivity contribution is 0.102. The first-order chi connectivity index (χ1) is 10.5. The molecule has 5 heteroatoms. The van der Waals surface area contributed by atoms with Crippen LogP contribution in [0.25, 0.3) is 0 Å². The Hall–Kier alpha value is -1.88. The van der Waals surface area contributed by atoms with Crippen molar-refractivity contribution in [2.45, 2.75) is 20.8 Å². The zero-order valence-electron chi connectivity index (χ0n) is 13.0. The summed E-state index contributed by atoms with van der Waals surface area (Å²) in [6.45, 7) is 7.08. The fourth-order valence-corrected chi connectivity index (χ4v) is 2.42. The van der Waals surface area contributed by atoms with Gasteiger partial charge in [-0.1, -0.05) is 29.8 Å². The first kappa shape index (κ1) is 16.5. The highest BCUT2D eigenvalue weighted by Crippen LogP contribution is 2.20.